The predicted octanol–water partition coefficient (Wildman–Crippen LogP) is 2.30. The van der Waals surface area contributed by atoms with Crippen LogP contribution in [0.5, 0.6) is 0 Å². The van der Waals surface area contributed by atoms with E-state index >= 15 is 0 Å². The number of carbonyl (C=O) groups is 2. The summed E-state index contributed by atoms with van der Waals surface area (Å²) < 4.78 is 0. The number of rotatable bonds is 3. The summed E-state index contributed by atoms with van der Waals surface area (Å²) in [5.41, 5.74) is 2.69. The summed E-state index contributed by atoms with van der Waals surface area (Å²) in [5.74, 6) is 0.979. The number of benzene rings is 1. The molecule has 2 fully saturated rings. The molecule has 0 aromatic heterocycles. The van der Waals surface area contributed by atoms with Gasteiger partial charge in [0.1, 0.15) is 0 Å². The van der Waals surface area contributed by atoms with E-state index in [1.165, 1.54) is 11.3 Å². The molecule has 0 unspecified atom stereocenters. The first-order chi connectivity index (χ1) is 12.6. The number of carbonyl (C=O) groups excluding carboxylic acids is 2. The number of piperidine rings is 1. The van der Waals surface area contributed by atoms with Crippen molar-refractivity contribution in [1.29, 1.82) is 0 Å². The molecule has 5 heteroatoms. The van der Waals surface area contributed by atoms with Gasteiger partial charge in [0.15, 0.2) is 0 Å². The minimum atomic E-state index is 0.268. The third-order valence-corrected chi connectivity index (χ3v) is 6.48. The molecular weight excluding hydrogens is 326 g/mol. The number of hydrogen-bond donors (Lipinski definition) is 0. The number of para-hydroxylation sites is 1. The van der Waals surface area contributed by atoms with Crippen molar-refractivity contribution in [3.63, 3.8) is 0 Å². The normalized spacial score (nSPS) is 25.7. The predicted molar refractivity (Wildman–Crippen MR) is 102 cm³/mol. The maximum Gasteiger partial charge on any atom is 0.224 e. The van der Waals surface area contributed by atoms with Crippen molar-refractivity contribution in [2.75, 3.05) is 38.1 Å². The van der Waals surface area contributed by atoms with Crippen molar-refractivity contribution in [1.82, 2.24) is 9.80 Å². The minimum Gasteiger partial charge on any atom is -0.370 e. The number of anilines is 1. The Morgan fingerprint density at radius 1 is 1.15 bits per heavy atom. The SMILES string of the molecule is CN1C(=O)CCC[C@H]2CN(C(=O)CCN3CCc4ccccc43)CC[C@H]21. The molecule has 0 spiro atoms. The van der Waals surface area contributed by atoms with E-state index in [0.29, 0.717) is 24.8 Å². The smallest absolute Gasteiger partial charge is 0.224 e. The molecule has 0 aliphatic carbocycles. The average Bonchev–Trinajstić information content (AvgIpc) is 3.02. The number of hydrogen-bond acceptors (Lipinski definition) is 3. The molecule has 3 aliphatic rings. The summed E-state index contributed by atoms with van der Waals surface area (Å²) in [6.45, 7) is 3.43. The van der Waals surface area contributed by atoms with Gasteiger partial charge in [-0.25, -0.2) is 0 Å². The van der Waals surface area contributed by atoms with Crippen LogP contribution in [0, 0.1) is 5.92 Å². The molecule has 140 valence electrons. The molecule has 3 heterocycles. The van der Waals surface area contributed by atoms with Crippen molar-refractivity contribution in [2.45, 2.75) is 44.6 Å². The van der Waals surface area contributed by atoms with Gasteiger partial charge in [-0.15, -0.1) is 0 Å². The third-order valence-electron chi connectivity index (χ3n) is 6.48. The molecule has 2 amide bonds. The van der Waals surface area contributed by atoms with Gasteiger partial charge in [0, 0.05) is 57.8 Å². The van der Waals surface area contributed by atoms with Crippen LogP contribution in [0.25, 0.3) is 0 Å². The largest absolute Gasteiger partial charge is 0.370 e. The molecule has 0 radical (unpaired) electrons. The van der Waals surface area contributed by atoms with Crippen molar-refractivity contribution >= 4 is 17.5 Å². The van der Waals surface area contributed by atoms with Gasteiger partial charge in [-0.2, -0.15) is 0 Å². The number of fused-ring (bicyclic) bond motifs is 2. The van der Waals surface area contributed by atoms with Gasteiger partial charge >= 0.3 is 0 Å². The Morgan fingerprint density at radius 3 is 2.88 bits per heavy atom. The van der Waals surface area contributed by atoms with Gasteiger partial charge in [0.25, 0.3) is 0 Å². The van der Waals surface area contributed by atoms with Crippen molar-refractivity contribution < 1.29 is 9.59 Å². The maximum atomic E-state index is 12.8. The highest BCUT2D eigenvalue weighted by molar-refractivity contribution is 5.78. The van der Waals surface area contributed by atoms with E-state index in [1.54, 1.807) is 0 Å². The Labute approximate surface area is 155 Å². The zero-order chi connectivity index (χ0) is 18.1. The van der Waals surface area contributed by atoms with E-state index in [-0.39, 0.29) is 11.8 Å². The summed E-state index contributed by atoms with van der Waals surface area (Å²) in [6, 6.07) is 8.84. The monoisotopic (exact) mass is 355 g/mol. The van der Waals surface area contributed by atoms with Gasteiger partial charge in [-0.1, -0.05) is 18.2 Å². The van der Waals surface area contributed by atoms with E-state index in [9.17, 15) is 9.59 Å². The second kappa shape index (κ2) is 7.29. The molecular formula is C21H29N3O2. The summed E-state index contributed by atoms with van der Waals surface area (Å²) in [5, 5.41) is 0. The molecule has 1 aromatic carbocycles. The Morgan fingerprint density at radius 2 is 2.00 bits per heavy atom. The third kappa shape index (κ3) is 3.31. The van der Waals surface area contributed by atoms with Crippen LogP contribution >= 0.6 is 0 Å². The van der Waals surface area contributed by atoms with Crippen LogP contribution in [-0.2, 0) is 16.0 Å². The molecule has 3 aliphatic heterocycles. The zero-order valence-corrected chi connectivity index (χ0v) is 15.7. The first-order valence-electron chi connectivity index (χ1n) is 10.00. The lowest BCUT2D eigenvalue weighted by molar-refractivity contribution is -0.136. The Bertz CT molecular complexity index is 690. The van der Waals surface area contributed by atoms with Gasteiger partial charge < -0.3 is 14.7 Å². The molecule has 1 aromatic rings. The summed E-state index contributed by atoms with van der Waals surface area (Å²) in [4.78, 5) is 31.2. The molecule has 5 nitrogen and oxygen atoms in total. The minimum absolute atomic E-state index is 0.268. The number of nitrogens with zero attached hydrogens (tertiary/aromatic N) is 3. The highest BCUT2D eigenvalue weighted by atomic mass is 16.2. The second-order valence-corrected chi connectivity index (χ2v) is 7.97. The summed E-state index contributed by atoms with van der Waals surface area (Å²) in [6.07, 6.45) is 5.26. The molecule has 26 heavy (non-hydrogen) atoms. The fourth-order valence-corrected chi connectivity index (χ4v) is 4.94. The fourth-order valence-electron chi connectivity index (χ4n) is 4.94. The van der Waals surface area contributed by atoms with Crippen LogP contribution in [-0.4, -0.2) is 60.9 Å². The molecule has 0 bridgehead atoms. The van der Waals surface area contributed by atoms with Crippen LogP contribution in [0.3, 0.4) is 0 Å². The van der Waals surface area contributed by atoms with Crippen molar-refractivity contribution in [3.05, 3.63) is 29.8 Å². The molecule has 0 saturated carbocycles. The van der Waals surface area contributed by atoms with E-state index < -0.39 is 0 Å². The fraction of sp³-hybridized carbons (Fsp3) is 0.619. The molecule has 4 rings (SSSR count). The van der Waals surface area contributed by atoms with E-state index in [4.69, 9.17) is 0 Å². The highest BCUT2D eigenvalue weighted by Gasteiger charge is 2.36. The highest BCUT2D eigenvalue weighted by Crippen LogP contribution is 2.30. The Hall–Kier alpha value is -2.04. The zero-order valence-electron chi connectivity index (χ0n) is 15.7. The van der Waals surface area contributed by atoms with Crippen LogP contribution in [0.4, 0.5) is 5.69 Å². The summed E-state index contributed by atoms with van der Waals surface area (Å²) >= 11 is 0. The van der Waals surface area contributed by atoms with E-state index in [1.807, 2.05) is 16.8 Å². The first-order valence-corrected chi connectivity index (χ1v) is 10.00. The topological polar surface area (TPSA) is 43.9 Å². The number of likely N-dealkylation sites (tertiary alicyclic amines) is 2. The molecule has 0 N–H and O–H groups in total. The van der Waals surface area contributed by atoms with Gasteiger partial charge in [-0.3, -0.25) is 9.59 Å². The van der Waals surface area contributed by atoms with Crippen LogP contribution in [0.2, 0.25) is 0 Å². The maximum absolute atomic E-state index is 12.8. The van der Waals surface area contributed by atoms with Gasteiger partial charge in [-0.05, 0) is 43.2 Å². The van der Waals surface area contributed by atoms with Gasteiger partial charge in [0.2, 0.25) is 11.8 Å². The van der Waals surface area contributed by atoms with Crippen molar-refractivity contribution in [2.24, 2.45) is 5.92 Å². The number of amides is 2. The Balaban J connectivity index is 1.33. The lowest BCUT2D eigenvalue weighted by Crippen LogP contribution is -2.52. The van der Waals surface area contributed by atoms with E-state index in [0.717, 1.165) is 51.9 Å². The van der Waals surface area contributed by atoms with Crippen LogP contribution in [0.1, 0.15) is 37.7 Å². The van der Waals surface area contributed by atoms with Crippen LogP contribution in [0.15, 0.2) is 24.3 Å². The molecule has 2 saturated heterocycles. The quantitative estimate of drug-likeness (QED) is 0.836. The Kier molecular flexibility index (Phi) is 4.88. The summed E-state index contributed by atoms with van der Waals surface area (Å²) in [7, 11) is 1.94. The lowest BCUT2D eigenvalue weighted by Gasteiger charge is -2.41. The van der Waals surface area contributed by atoms with Crippen molar-refractivity contribution in [3.8, 4) is 0 Å². The molecule has 2 atom stereocenters. The van der Waals surface area contributed by atoms with Crippen LogP contribution < -0.4 is 4.90 Å². The first kappa shape index (κ1) is 17.4. The standard InChI is InChI=1S/C21H29N3O2/c1-22-18-10-13-24(15-17(18)6-4-8-20(22)25)21(26)11-14-23-12-9-16-5-2-3-7-19(16)23/h2-3,5,7,17-18H,4,6,8-15H2,1H3/t17-,18+/m0/s1. The van der Waals surface area contributed by atoms with E-state index in [2.05, 4.69) is 29.2 Å². The van der Waals surface area contributed by atoms with Gasteiger partial charge in [0.05, 0.1) is 0 Å². The second-order valence-electron chi connectivity index (χ2n) is 7.97. The average molecular weight is 355 g/mol. The lowest BCUT2D eigenvalue weighted by atomic mass is 9.88.